The van der Waals surface area contributed by atoms with E-state index in [0.717, 1.165) is 0 Å². The molecule has 30 heavy (non-hydrogen) atoms. The van der Waals surface area contributed by atoms with Crippen LogP contribution >= 0.6 is 0 Å². The minimum Gasteiger partial charge on any atom is -0.493 e. The molecular weight excluding hydrogens is 389 g/mol. The highest BCUT2D eigenvalue weighted by molar-refractivity contribution is 5.94. The van der Waals surface area contributed by atoms with Crippen molar-refractivity contribution in [2.75, 3.05) is 26.3 Å². The van der Waals surface area contributed by atoms with Gasteiger partial charge in [-0.25, -0.2) is 9.37 Å². The molecular formula is C21H18FN5O3. The monoisotopic (exact) mass is 407 g/mol. The topological polar surface area (TPSA) is 104 Å². The Morgan fingerprint density at radius 1 is 1.23 bits per heavy atom. The Balaban J connectivity index is 1.62. The number of carbonyl (C=O) groups excluding carboxylic acids is 1. The Labute approximate surface area is 171 Å². The molecule has 1 aliphatic rings. The summed E-state index contributed by atoms with van der Waals surface area (Å²) in [6.45, 7) is 3.80. The molecule has 0 bridgehead atoms. The lowest BCUT2D eigenvalue weighted by Gasteiger charge is -2.26. The van der Waals surface area contributed by atoms with Crippen LogP contribution in [-0.2, 0) is 4.74 Å². The van der Waals surface area contributed by atoms with E-state index in [9.17, 15) is 14.3 Å². The maximum absolute atomic E-state index is 14.1. The summed E-state index contributed by atoms with van der Waals surface area (Å²) < 4.78 is 20.5. The number of aryl methyl sites for hydroxylation is 1. The summed E-state index contributed by atoms with van der Waals surface area (Å²) in [6, 6.07) is 7.61. The first-order chi connectivity index (χ1) is 14.5. The zero-order chi connectivity index (χ0) is 21.3. The average Bonchev–Trinajstić information content (AvgIpc) is 3.16. The lowest BCUT2D eigenvalue weighted by molar-refractivity contribution is 0.0302. The van der Waals surface area contributed by atoms with Crippen LogP contribution in [0.15, 0.2) is 36.7 Å². The van der Waals surface area contributed by atoms with Crippen molar-refractivity contribution in [3.63, 3.8) is 0 Å². The summed E-state index contributed by atoms with van der Waals surface area (Å²) in [7, 11) is 0. The molecule has 3 aromatic rings. The maximum atomic E-state index is 14.1. The number of aromatic nitrogens is 3. The third-order valence-electron chi connectivity index (χ3n) is 4.98. The Kier molecular flexibility index (Phi) is 5.16. The molecule has 1 aliphatic heterocycles. The summed E-state index contributed by atoms with van der Waals surface area (Å²) in [4.78, 5) is 18.5. The van der Waals surface area contributed by atoms with Gasteiger partial charge >= 0.3 is 0 Å². The molecule has 8 nitrogen and oxygen atoms in total. The largest absolute Gasteiger partial charge is 0.493 e. The van der Waals surface area contributed by atoms with Crippen molar-refractivity contribution in [2.24, 2.45) is 0 Å². The molecule has 3 heterocycles. The minimum atomic E-state index is -0.672. The smallest absolute Gasteiger partial charge is 0.255 e. The van der Waals surface area contributed by atoms with Crippen LogP contribution in [0.5, 0.6) is 5.88 Å². The highest BCUT2D eigenvalue weighted by Gasteiger charge is 2.20. The van der Waals surface area contributed by atoms with Gasteiger partial charge in [0.2, 0.25) is 5.88 Å². The average molecular weight is 407 g/mol. The van der Waals surface area contributed by atoms with Crippen LogP contribution in [0.25, 0.3) is 16.9 Å². The van der Waals surface area contributed by atoms with Gasteiger partial charge in [0.05, 0.1) is 36.1 Å². The maximum Gasteiger partial charge on any atom is 0.255 e. The van der Waals surface area contributed by atoms with Gasteiger partial charge in [0.15, 0.2) is 5.82 Å². The Hall–Kier alpha value is -3.77. The molecule has 0 spiro atoms. The van der Waals surface area contributed by atoms with E-state index in [1.807, 2.05) is 0 Å². The molecule has 0 saturated carbocycles. The molecule has 0 radical (unpaired) electrons. The normalized spacial score (nSPS) is 13.8. The standard InChI is InChI=1S/C21H18FN5O3/c1-13-8-15(10-23)18(22)9-16(13)17-12-25-27(21(17)29)19-3-2-14(11-24-19)20(28)26-4-6-30-7-5-26/h2-3,8-9,11-12,29H,4-7H2,1H3. The van der Waals surface area contributed by atoms with Crippen molar-refractivity contribution in [2.45, 2.75) is 6.92 Å². The van der Waals surface area contributed by atoms with Crippen molar-refractivity contribution in [1.29, 1.82) is 5.26 Å². The number of rotatable bonds is 3. The van der Waals surface area contributed by atoms with Crippen LogP contribution in [0.4, 0.5) is 4.39 Å². The lowest BCUT2D eigenvalue weighted by Crippen LogP contribution is -2.40. The van der Waals surface area contributed by atoms with E-state index in [1.54, 1.807) is 30.0 Å². The first kappa shape index (κ1) is 19.5. The van der Waals surface area contributed by atoms with Gasteiger partial charge in [-0.3, -0.25) is 4.79 Å². The summed E-state index contributed by atoms with van der Waals surface area (Å²) in [5.74, 6) is -0.716. The molecule has 1 amide bonds. The van der Waals surface area contributed by atoms with Crippen LogP contribution in [0.2, 0.25) is 0 Å². The number of ether oxygens (including phenoxy) is 1. The van der Waals surface area contributed by atoms with Crippen LogP contribution in [0.3, 0.4) is 0 Å². The van der Waals surface area contributed by atoms with Gasteiger partial charge in [-0.05, 0) is 42.3 Å². The van der Waals surface area contributed by atoms with E-state index >= 15 is 0 Å². The number of aromatic hydroxyl groups is 1. The van der Waals surface area contributed by atoms with Crippen LogP contribution in [0, 0.1) is 24.1 Å². The van der Waals surface area contributed by atoms with E-state index in [-0.39, 0.29) is 17.4 Å². The van der Waals surface area contributed by atoms with E-state index < -0.39 is 5.82 Å². The van der Waals surface area contributed by atoms with Gasteiger partial charge in [0.1, 0.15) is 11.9 Å². The SMILES string of the molecule is Cc1cc(C#N)c(F)cc1-c1cnn(-c2ccc(C(=O)N3CCOCC3)cn2)c1O. The third kappa shape index (κ3) is 3.49. The Morgan fingerprint density at radius 2 is 2.00 bits per heavy atom. The fourth-order valence-corrected chi connectivity index (χ4v) is 3.34. The summed E-state index contributed by atoms with van der Waals surface area (Å²) >= 11 is 0. The van der Waals surface area contributed by atoms with Crippen molar-refractivity contribution in [3.05, 3.63) is 59.2 Å². The van der Waals surface area contributed by atoms with Crippen LogP contribution in [-0.4, -0.2) is 57.0 Å². The highest BCUT2D eigenvalue weighted by atomic mass is 19.1. The van der Waals surface area contributed by atoms with E-state index in [1.165, 1.54) is 29.2 Å². The predicted octanol–water partition coefficient (Wildman–Crippen LogP) is 2.43. The number of halogens is 1. The second-order valence-electron chi connectivity index (χ2n) is 6.86. The molecule has 0 unspecified atom stereocenters. The Bertz CT molecular complexity index is 1140. The molecule has 1 saturated heterocycles. The molecule has 1 N–H and O–H groups in total. The number of pyridine rings is 1. The Morgan fingerprint density at radius 3 is 2.67 bits per heavy atom. The fourth-order valence-electron chi connectivity index (χ4n) is 3.34. The summed E-state index contributed by atoms with van der Waals surface area (Å²) in [6.07, 6.45) is 2.83. The van der Waals surface area contributed by atoms with Crippen LogP contribution in [0.1, 0.15) is 21.5 Å². The minimum absolute atomic E-state index is 0.0645. The molecule has 0 aliphatic carbocycles. The number of amides is 1. The summed E-state index contributed by atoms with van der Waals surface area (Å²) in [5.41, 5.74) is 1.73. The van der Waals surface area contributed by atoms with Crippen molar-refractivity contribution >= 4 is 5.91 Å². The van der Waals surface area contributed by atoms with Gasteiger partial charge in [-0.15, -0.1) is 0 Å². The van der Waals surface area contributed by atoms with E-state index in [4.69, 9.17) is 10.00 Å². The van der Waals surface area contributed by atoms with E-state index in [0.29, 0.717) is 54.4 Å². The number of morpholine rings is 1. The van der Waals surface area contributed by atoms with Crippen molar-refractivity contribution in [3.8, 4) is 28.9 Å². The van der Waals surface area contributed by atoms with Gasteiger partial charge in [-0.2, -0.15) is 15.0 Å². The van der Waals surface area contributed by atoms with Gasteiger partial charge < -0.3 is 14.7 Å². The zero-order valence-corrected chi connectivity index (χ0v) is 16.2. The zero-order valence-electron chi connectivity index (χ0n) is 16.2. The second kappa shape index (κ2) is 7.93. The van der Waals surface area contributed by atoms with Crippen LogP contribution < -0.4 is 0 Å². The number of carbonyl (C=O) groups is 1. The molecule has 1 fully saturated rings. The highest BCUT2D eigenvalue weighted by Crippen LogP contribution is 2.33. The first-order valence-corrected chi connectivity index (χ1v) is 9.30. The number of nitrogens with zero attached hydrogens (tertiary/aromatic N) is 5. The number of hydrogen-bond donors (Lipinski definition) is 1. The molecule has 1 aromatic carbocycles. The number of nitriles is 1. The summed E-state index contributed by atoms with van der Waals surface area (Å²) in [5, 5.41) is 23.7. The number of hydrogen-bond acceptors (Lipinski definition) is 6. The van der Waals surface area contributed by atoms with Gasteiger partial charge in [0, 0.05) is 19.3 Å². The number of benzene rings is 1. The third-order valence-corrected chi connectivity index (χ3v) is 4.98. The van der Waals surface area contributed by atoms with Gasteiger partial charge in [-0.1, -0.05) is 0 Å². The molecule has 152 valence electrons. The lowest BCUT2D eigenvalue weighted by atomic mass is 10.0. The fraction of sp³-hybridized carbons (Fsp3) is 0.238. The predicted molar refractivity (Wildman–Crippen MR) is 105 cm³/mol. The molecule has 4 rings (SSSR count). The van der Waals surface area contributed by atoms with E-state index in [2.05, 4.69) is 10.1 Å². The molecule has 2 aromatic heterocycles. The quantitative estimate of drug-likeness (QED) is 0.715. The molecule has 0 atom stereocenters. The molecule has 9 heteroatoms. The first-order valence-electron chi connectivity index (χ1n) is 9.30. The van der Waals surface area contributed by atoms with Crippen molar-refractivity contribution in [1.82, 2.24) is 19.7 Å². The second-order valence-corrected chi connectivity index (χ2v) is 6.86. The van der Waals surface area contributed by atoms with Crippen molar-refractivity contribution < 1.29 is 19.0 Å². The van der Waals surface area contributed by atoms with Gasteiger partial charge in [0.25, 0.3) is 5.91 Å².